The van der Waals surface area contributed by atoms with E-state index in [0.717, 1.165) is 21.6 Å². The van der Waals surface area contributed by atoms with Crippen molar-refractivity contribution in [2.75, 3.05) is 7.05 Å². The van der Waals surface area contributed by atoms with Gasteiger partial charge in [-0.1, -0.05) is 75.4 Å². The lowest BCUT2D eigenvalue weighted by Crippen LogP contribution is -2.49. The van der Waals surface area contributed by atoms with E-state index < -0.39 is 41.4 Å². The van der Waals surface area contributed by atoms with Gasteiger partial charge in [-0.25, -0.2) is 18.8 Å². The third-order valence-electron chi connectivity index (χ3n) is 6.09. The van der Waals surface area contributed by atoms with Crippen LogP contribution in [0.3, 0.4) is 0 Å². The zero-order valence-corrected chi connectivity index (χ0v) is 25.2. The number of benzene rings is 2. The summed E-state index contributed by atoms with van der Waals surface area (Å²) in [6.07, 6.45) is -2.42. The zero-order chi connectivity index (χ0) is 30.3. The van der Waals surface area contributed by atoms with Crippen LogP contribution in [0.4, 0.5) is 9.18 Å². The molecular weight excluding hydrogens is 513 g/mol. The number of amides is 1. The van der Waals surface area contributed by atoms with E-state index in [1.54, 1.807) is 20.8 Å². The number of likely N-dealkylation sites (N-methyl/N-ethyl adjacent to an activating group) is 1. The van der Waals surface area contributed by atoms with Crippen LogP contribution >= 0.6 is 0 Å². The fourth-order valence-corrected chi connectivity index (χ4v) is 3.87. The molecule has 0 heterocycles. The Kier molecular flexibility index (Phi) is 10.9. The fraction of sp³-hybridized carbons (Fsp3) is 0.531. The summed E-state index contributed by atoms with van der Waals surface area (Å²) in [5, 5.41) is 0. The van der Waals surface area contributed by atoms with Gasteiger partial charge in [0.2, 0.25) is 6.10 Å². The molecule has 8 heteroatoms. The van der Waals surface area contributed by atoms with E-state index in [1.165, 1.54) is 20.9 Å². The molecule has 2 atom stereocenters. The van der Waals surface area contributed by atoms with Crippen LogP contribution in [0.25, 0.3) is 0 Å². The van der Waals surface area contributed by atoms with Crippen LogP contribution in [0.5, 0.6) is 0 Å². The first kappa shape index (κ1) is 32.8. The summed E-state index contributed by atoms with van der Waals surface area (Å²) in [5.41, 5.74) is -0.0549. The third-order valence-corrected chi connectivity index (χ3v) is 6.09. The Morgan fingerprint density at radius 1 is 0.825 bits per heavy atom. The SMILES string of the molecule is CN(C(=O)OC(C)(C)C)[C@@H](CC(C)(C)F)C(=O)OC(Cc1ccc(C(C)(C)C)cc1)C(=O)OCc1ccccc1. The van der Waals surface area contributed by atoms with Crippen LogP contribution in [0.2, 0.25) is 0 Å². The number of alkyl halides is 1. The molecule has 0 aromatic heterocycles. The fourth-order valence-electron chi connectivity index (χ4n) is 3.87. The zero-order valence-electron chi connectivity index (χ0n) is 25.2. The molecule has 2 aromatic carbocycles. The van der Waals surface area contributed by atoms with Crippen LogP contribution in [-0.2, 0) is 42.2 Å². The number of hydrogen-bond acceptors (Lipinski definition) is 6. The Labute approximate surface area is 238 Å². The predicted molar refractivity (Wildman–Crippen MR) is 153 cm³/mol. The molecule has 1 unspecified atom stereocenters. The van der Waals surface area contributed by atoms with E-state index in [1.807, 2.05) is 54.6 Å². The molecule has 40 heavy (non-hydrogen) atoms. The minimum Gasteiger partial charge on any atom is -0.458 e. The van der Waals surface area contributed by atoms with E-state index >= 15 is 0 Å². The van der Waals surface area contributed by atoms with Crippen molar-refractivity contribution in [1.82, 2.24) is 4.90 Å². The number of carbonyl (C=O) groups is 3. The second-order valence-corrected chi connectivity index (χ2v) is 12.7. The Morgan fingerprint density at radius 3 is 1.90 bits per heavy atom. The number of esters is 2. The van der Waals surface area contributed by atoms with Gasteiger partial charge in [0.05, 0.1) is 0 Å². The van der Waals surface area contributed by atoms with Crippen molar-refractivity contribution in [3.8, 4) is 0 Å². The summed E-state index contributed by atoms with van der Waals surface area (Å²) >= 11 is 0. The van der Waals surface area contributed by atoms with Crippen molar-refractivity contribution < 1.29 is 33.0 Å². The highest BCUT2D eigenvalue weighted by atomic mass is 19.1. The number of rotatable bonds is 10. The maximum absolute atomic E-state index is 14.8. The highest BCUT2D eigenvalue weighted by Crippen LogP contribution is 2.25. The molecule has 0 aliphatic carbocycles. The summed E-state index contributed by atoms with van der Waals surface area (Å²) in [6.45, 7) is 14.0. The van der Waals surface area contributed by atoms with Gasteiger partial charge in [-0.15, -0.1) is 0 Å². The smallest absolute Gasteiger partial charge is 0.410 e. The summed E-state index contributed by atoms with van der Waals surface area (Å²) in [5.74, 6) is -1.66. The Bertz CT molecular complexity index is 1130. The molecule has 2 rings (SSSR count). The van der Waals surface area contributed by atoms with Crippen molar-refractivity contribution in [2.24, 2.45) is 0 Å². The lowest BCUT2D eigenvalue weighted by Gasteiger charge is -2.32. The van der Waals surface area contributed by atoms with E-state index in [9.17, 15) is 18.8 Å². The molecular formula is C32H44FNO6. The molecule has 7 nitrogen and oxygen atoms in total. The first-order chi connectivity index (χ1) is 18.4. The number of halogens is 1. The first-order valence-electron chi connectivity index (χ1n) is 13.5. The van der Waals surface area contributed by atoms with Gasteiger partial charge < -0.3 is 14.2 Å². The molecule has 1 amide bonds. The van der Waals surface area contributed by atoms with Crippen molar-refractivity contribution in [3.05, 3.63) is 71.3 Å². The van der Waals surface area contributed by atoms with Crippen molar-refractivity contribution >= 4 is 18.0 Å². The molecule has 0 bridgehead atoms. The van der Waals surface area contributed by atoms with Gasteiger partial charge >= 0.3 is 18.0 Å². The second kappa shape index (κ2) is 13.3. The normalized spacial score (nSPS) is 13.7. The van der Waals surface area contributed by atoms with E-state index in [0.29, 0.717) is 0 Å². The lowest BCUT2D eigenvalue weighted by molar-refractivity contribution is -0.172. The number of hydrogen-bond donors (Lipinski definition) is 0. The molecule has 0 fully saturated rings. The molecule has 0 spiro atoms. The van der Waals surface area contributed by atoms with Crippen molar-refractivity contribution in [2.45, 2.75) is 104 Å². The van der Waals surface area contributed by atoms with Gasteiger partial charge in [-0.05, 0) is 56.7 Å². The molecule has 2 aromatic rings. The highest BCUT2D eigenvalue weighted by molar-refractivity contribution is 5.85. The highest BCUT2D eigenvalue weighted by Gasteiger charge is 2.38. The largest absolute Gasteiger partial charge is 0.458 e. The molecule has 0 aliphatic rings. The topological polar surface area (TPSA) is 82.1 Å². The number of nitrogens with zero attached hydrogens (tertiary/aromatic N) is 1. The van der Waals surface area contributed by atoms with Gasteiger partial charge in [-0.3, -0.25) is 4.90 Å². The van der Waals surface area contributed by atoms with E-state index in [4.69, 9.17) is 14.2 Å². The van der Waals surface area contributed by atoms with Crippen molar-refractivity contribution in [1.29, 1.82) is 0 Å². The summed E-state index contributed by atoms with van der Waals surface area (Å²) in [7, 11) is 1.35. The average molecular weight is 558 g/mol. The maximum atomic E-state index is 14.8. The van der Waals surface area contributed by atoms with Crippen LogP contribution in [0.1, 0.15) is 78.5 Å². The van der Waals surface area contributed by atoms with Gasteiger partial charge in [-0.2, -0.15) is 0 Å². The minimum atomic E-state index is -1.81. The maximum Gasteiger partial charge on any atom is 0.410 e. The summed E-state index contributed by atoms with van der Waals surface area (Å²) in [4.78, 5) is 40.4. The Balaban J connectivity index is 2.32. The molecule has 0 saturated heterocycles. The standard InChI is InChI=1S/C32H44FNO6/c1-30(2,3)24-17-15-22(16-18-24)19-26(28(36)38-21-23-13-11-10-12-14-23)39-27(35)25(20-32(7,8)33)34(9)29(37)40-31(4,5)6/h10-18,25-26H,19-21H2,1-9H3/t25-,26?/m0/s1. The van der Waals surface area contributed by atoms with E-state index in [2.05, 4.69) is 20.8 Å². The molecule has 0 saturated carbocycles. The van der Waals surface area contributed by atoms with Crippen LogP contribution in [0.15, 0.2) is 54.6 Å². The quantitative estimate of drug-likeness (QED) is 0.243. The molecule has 0 radical (unpaired) electrons. The monoisotopic (exact) mass is 557 g/mol. The van der Waals surface area contributed by atoms with Gasteiger partial charge in [0.25, 0.3) is 0 Å². The molecule has 220 valence electrons. The minimum absolute atomic E-state index is 0.00453. The first-order valence-corrected chi connectivity index (χ1v) is 13.5. The van der Waals surface area contributed by atoms with Gasteiger partial charge in [0, 0.05) is 19.9 Å². The Morgan fingerprint density at radius 2 is 1.40 bits per heavy atom. The van der Waals surface area contributed by atoms with E-state index in [-0.39, 0.29) is 24.9 Å². The van der Waals surface area contributed by atoms with Crippen LogP contribution < -0.4 is 0 Å². The van der Waals surface area contributed by atoms with Gasteiger partial charge in [0.15, 0.2) is 0 Å². The Hall–Kier alpha value is -3.42. The number of ether oxygens (including phenoxy) is 3. The van der Waals surface area contributed by atoms with Crippen LogP contribution in [-0.4, -0.2) is 53.4 Å². The lowest BCUT2D eigenvalue weighted by atomic mass is 9.86. The summed E-state index contributed by atoms with van der Waals surface area (Å²) < 4.78 is 31.3. The number of carbonyl (C=O) groups excluding carboxylic acids is 3. The van der Waals surface area contributed by atoms with Crippen LogP contribution in [0, 0.1) is 0 Å². The predicted octanol–water partition coefficient (Wildman–Crippen LogP) is 6.56. The van der Waals surface area contributed by atoms with Crippen molar-refractivity contribution in [3.63, 3.8) is 0 Å². The van der Waals surface area contributed by atoms with Gasteiger partial charge in [0.1, 0.15) is 23.9 Å². The molecule has 0 N–H and O–H groups in total. The average Bonchev–Trinajstić information content (AvgIpc) is 2.83. The molecule has 0 aliphatic heterocycles. The third kappa shape index (κ3) is 11.0. The summed E-state index contributed by atoms with van der Waals surface area (Å²) in [6, 6.07) is 15.5. The second-order valence-electron chi connectivity index (χ2n) is 12.7.